The lowest BCUT2D eigenvalue weighted by Crippen LogP contribution is -2.00. The van der Waals surface area contributed by atoms with Crippen molar-refractivity contribution < 1.29 is 18.7 Å². The van der Waals surface area contributed by atoms with Gasteiger partial charge in [0.2, 0.25) is 5.75 Å². The second-order valence-electron chi connectivity index (χ2n) is 3.74. The molecule has 0 bridgehead atoms. The van der Waals surface area contributed by atoms with Crippen LogP contribution >= 0.6 is 0 Å². The Kier molecular flexibility index (Phi) is 4.07. The normalized spacial score (nSPS) is 10.0. The van der Waals surface area contributed by atoms with Crippen molar-refractivity contribution in [3.05, 3.63) is 42.3 Å². The van der Waals surface area contributed by atoms with E-state index in [4.69, 9.17) is 18.7 Å². The summed E-state index contributed by atoms with van der Waals surface area (Å²) in [6.45, 7) is 4.00. The maximum Gasteiger partial charge on any atom is 0.203 e. The second kappa shape index (κ2) is 5.95. The molecule has 5 heteroatoms. The molecule has 0 aliphatic rings. The molecule has 0 aliphatic carbocycles. The minimum Gasteiger partial charge on any atom is -0.493 e. The van der Waals surface area contributed by atoms with Crippen LogP contribution in [-0.2, 0) is 6.61 Å². The van der Waals surface area contributed by atoms with Crippen molar-refractivity contribution >= 4 is 6.08 Å². The summed E-state index contributed by atoms with van der Waals surface area (Å²) in [7, 11) is 3.15. The van der Waals surface area contributed by atoms with Crippen LogP contribution in [0.3, 0.4) is 0 Å². The number of ether oxygens (including phenoxy) is 3. The van der Waals surface area contributed by atoms with Crippen LogP contribution in [-0.4, -0.2) is 19.4 Å². The highest BCUT2D eigenvalue weighted by molar-refractivity contribution is 5.61. The lowest BCUT2D eigenvalue weighted by molar-refractivity contribution is 0.256. The Morgan fingerprint density at radius 2 is 1.95 bits per heavy atom. The van der Waals surface area contributed by atoms with Gasteiger partial charge in [-0.05, 0) is 17.7 Å². The minimum atomic E-state index is 0.274. The van der Waals surface area contributed by atoms with Crippen LogP contribution < -0.4 is 14.2 Å². The number of hydrogen-bond acceptors (Lipinski definition) is 5. The van der Waals surface area contributed by atoms with Crippen LogP contribution in [0.5, 0.6) is 17.2 Å². The Balaban J connectivity index is 2.28. The molecule has 1 aromatic carbocycles. The molecule has 0 amide bonds. The van der Waals surface area contributed by atoms with Crippen LogP contribution in [0.1, 0.15) is 11.3 Å². The first-order valence-electron chi connectivity index (χ1n) is 5.69. The van der Waals surface area contributed by atoms with E-state index in [0.29, 0.717) is 22.9 Å². The standard InChI is InChI=1S/C14H15NO4/c1-4-10-7-12(16-2)14(13(8-10)17-3)18-9-11-5-6-19-15-11/h4-8H,1,9H2,2-3H3. The Morgan fingerprint density at radius 1 is 1.26 bits per heavy atom. The Bertz CT molecular complexity index is 524. The molecule has 0 saturated heterocycles. The molecule has 1 aromatic heterocycles. The molecule has 0 atom stereocenters. The van der Waals surface area contributed by atoms with E-state index in [-0.39, 0.29) is 6.61 Å². The first-order valence-corrected chi connectivity index (χ1v) is 5.69. The maximum atomic E-state index is 5.69. The van der Waals surface area contributed by atoms with E-state index in [2.05, 4.69) is 11.7 Å². The van der Waals surface area contributed by atoms with Crippen molar-refractivity contribution in [2.45, 2.75) is 6.61 Å². The average molecular weight is 261 g/mol. The summed E-state index contributed by atoms with van der Waals surface area (Å²) in [6, 6.07) is 5.39. The summed E-state index contributed by atoms with van der Waals surface area (Å²) in [5, 5.41) is 3.78. The van der Waals surface area contributed by atoms with Crippen molar-refractivity contribution in [1.82, 2.24) is 5.16 Å². The van der Waals surface area contributed by atoms with Gasteiger partial charge >= 0.3 is 0 Å². The Morgan fingerprint density at radius 3 is 2.42 bits per heavy atom. The van der Waals surface area contributed by atoms with Gasteiger partial charge in [-0.25, -0.2) is 0 Å². The summed E-state index contributed by atoms with van der Waals surface area (Å²) in [5.74, 6) is 1.69. The molecule has 0 spiro atoms. The fourth-order valence-corrected chi connectivity index (χ4v) is 1.62. The van der Waals surface area contributed by atoms with Gasteiger partial charge in [-0.2, -0.15) is 0 Å². The highest BCUT2D eigenvalue weighted by atomic mass is 16.5. The van der Waals surface area contributed by atoms with Gasteiger partial charge in [0.15, 0.2) is 11.5 Å². The van der Waals surface area contributed by atoms with E-state index in [0.717, 1.165) is 5.56 Å². The highest BCUT2D eigenvalue weighted by Gasteiger charge is 2.14. The number of aromatic nitrogens is 1. The van der Waals surface area contributed by atoms with E-state index in [1.54, 1.807) is 26.4 Å². The monoisotopic (exact) mass is 261 g/mol. The third kappa shape index (κ3) is 2.88. The number of rotatable bonds is 6. The zero-order valence-electron chi connectivity index (χ0n) is 10.9. The fourth-order valence-electron chi connectivity index (χ4n) is 1.62. The zero-order valence-corrected chi connectivity index (χ0v) is 10.9. The Labute approximate surface area is 111 Å². The van der Waals surface area contributed by atoms with Gasteiger partial charge < -0.3 is 18.7 Å². The predicted octanol–water partition coefficient (Wildman–Crippen LogP) is 2.91. The minimum absolute atomic E-state index is 0.274. The first kappa shape index (κ1) is 13.0. The van der Waals surface area contributed by atoms with Gasteiger partial charge in [0.1, 0.15) is 18.6 Å². The van der Waals surface area contributed by atoms with Crippen molar-refractivity contribution in [3.63, 3.8) is 0 Å². The molecule has 0 fully saturated rings. The van der Waals surface area contributed by atoms with E-state index < -0.39 is 0 Å². The van der Waals surface area contributed by atoms with Gasteiger partial charge in [-0.3, -0.25) is 0 Å². The predicted molar refractivity (Wildman–Crippen MR) is 70.5 cm³/mol. The highest BCUT2D eigenvalue weighted by Crippen LogP contribution is 2.39. The molecule has 2 rings (SSSR count). The van der Waals surface area contributed by atoms with Gasteiger partial charge in [0.05, 0.1) is 14.2 Å². The molecule has 0 saturated carbocycles. The van der Waals surface area contributed by atoms with Crippen LogP contribution in [0.2, 0.25) is 0 Å². The number of nitrogens with zero attached hydrogens (tertiary/aromatic N) is 1. The molecule has 1 heterocycles. The number of hydrogen-bond donors (Lipinski definition) is 0. The molecule has 0 aliphatic heterocycles. The lowest BCUT2D eigenvalue weighted by Gasteiger charge is -2.14. The van der Waals surface area contributed by atoms with E-state index >= 15 is 0 Å². The molecular weight excluding hydrogens is 246 g/mol. The van der Waals surface area contributed by atoms with Crippen LogP contribution in [0.15, 0.2) is 35.6 Å². The average Bonchev–Trinajstić information content (AvgIpc) is 2.97. The SMILES string of the molecule is C=Cc1cc(OC)c(OCc2ccon2)c(OC)c1. The summed E-state index contributed by atoms with van der Waals surface area (Å²) < 4.78 is 21.0. The fraction of sp³-hybridized carbons (Fsp3) is 0.214. The number of methoxy groups -OCH3 is 2. The summed E-state index contributed by atoms with van der Waals surface area (Å²) in [6.07, 6.45) is 3.21. The molecule has 0 unspecified atom stereocenters. The molecule has 100 valence electrons. The molecule has 0 radical (unpaired) electrons. The largest absolute Gasteiger partial charge is 0.493 e. The topological polar surface area (TPSA) is 53.7 Å². The van der Waals surface area contributed by atoms with Gasteiger partial charge in [-0.1, -0.05) is 17.8 Å². The molecule has 5 nitrogen and oxygen atoms in total. The van der Waals surface area contributed by atoms with Gasteiger partial charge in [0, 0.05) is 6.07 Å². The van der Waals surface area contributed by atoms with E-state index in [1.165, 1.54) is 6.26 Å². The number of benzene rings is 1. The summed E-state index contributed by atoms with van der Waals surface area (Å²) >= 11 is 0. The molecule has 2 aromatic rings. The lowest BCUT2D eigenvalue weighted by atomic mass is 10.2. The summed E-state index contributed by atoms with van der Waals surface area (Å²) in [4.78, 5) is 0. The second-order valence-corrected chi connectivity index (χ2v) is 3.74. The van der Waals surface area contributed by atoms with E-state index in [9.17, 15) is 0 Å². The van der Waals surface area contributed by atoms with Gasteiger partial charge in [-0.15, -0.1) is 0 Å². The van der Waals surface area contributed by atoms with Crippen LogP contribution in [0, 0.1) is 0 Å². The first-order chi connectivity index (χ1) is 9.28. The van der Waals surface area contributed by atoms with Crippen LogP contribution in [0.4, 0.5) is 0 Å². The zero-order chi connectivity index (χ0) is 13.7. The van der Waals surface area contributed by atoms with Gasteiger partial charge in [0.25, 0.3) is 0 Å². The third-order valence-corrected chi connectivity index (χ3v) is 2.57. The molecular formula is C14H15NO4. The molecule has 0 N–H and O–H groups in total. The smallest absolute Gasteiger partial charge is 0.203 e. The third-order valence-electron chi connectivity index (χ3n) is 2.57. The van der Waals surface area contributed by atoms with E-state index in [1.807, 2.05) is 12.1 Å². The van der Waals surface area contributed by atoms with Crippen LogP contribution in [0.25, 0.3) is 6.08 Å². The quantitative estimate of drug-likeness (QED) is 0.800. The van der Waals surface area contributed by atoms with Crippen molar-refractivity contribution in [3.8, 4) is 17.2 Å². The molecule has 19 heavy (non-hydrogen) atoms. The van der Waals surface area contributed by atoms with Crippen molar-refractivity contribution in [2.75, 3.05) is 14.2 Å². The van der Waals surface area contributed by atoms with Crippen molar-refractivity contribution in [2.24, 2.45) is 0 Å². The summed E-state index contributed by atoms with van der Waals surface area (Å²) in [5.41, 5.74) is 1.58. The Hall–Kier alpha value is -2.43. The maximum absolute atomic E-state index is 5.69. The van der Waals surface area contributed by atoms with Crippen molar-refractivity contribution in [1.29, 1.82) is 0 Å².